The first-order valence-electron chi connectivity index (χ1n) is 5.59. The smallest absolute Gasteiger partial charge is 0.275 e. The summed E-state index contributed by atoms with van der Waals surface area (Å²) in [7, 11) is 0. The van der Waals surface area contributed by atoms with Crippen LogP contribution in [-0.2, 0) is 6.61 Å². The number of carbonyl (C=O) groups is 1. The molecule has 1 heterocycles. The third-order valence-electron chi connectivity index (χ3n) is 2.54. The van der Waals surface area contributed by atoms with Crippen molar-refractivity contribution in [1.82, 2.24) is 5.43 Å². The molecule has 0 spiro atoms. The molecule has 6 heteroatoms. The Hall–Kier alpha value is -1.92. The van der Waals surface area contributed by atoms with Crippen molar-refractivity contribution in [2.75, 3.05) is 0 Å². The second-order valence-corrected chi connectivity index (χ2v) is 5.08. The highest BCUT2D eigenvalue weighted by Crippen LogP contribution is 2.23. The van der Waals surface area contributed by atoms with Crippen molar-refractivity contribution >= 4 is 17.2 Å². The molecule has 1 aromatic carbocycles. The number of nitrogens with one attached hydrogen (secondary N) is 1. The summed E-state index contributed by atoms with van der Waals surface area (Å²) in [5.41, 5.74) is 2.59. The van der Waals surface area contributed by atoms with Crippen molar-refractivity contribution in [1.29, 1.82) is 0 Å². The van der Waals surface area contributed by atoms with E-state index in [0.29, 0.717) is 10.4 Å². The molecule has 0 saturated heterocycles. The zero-order valence-corrected chi connectivity index (χ0v) is 11.1. The third kappa shape index (κ3) is 3.10. The van der Waals surface area contributed by atoms with Crippen LogP contribution < -0.4 is 16.0 Å². The van der Waals surface area contributed by atoms with E-state index >= 15 is 0 Å². The Morgan fingerprint density at radius 1 is 1.42 bits per heavy atom. The van der Waals surface area contributed by atoms with Gasteiger partial charge in [0, 0.05) is 4.88 Å². The SMILES string of the molecule is Cc1cccc(OCc2ccc(C(=O)NN)s2)c1F. The molecule has 1 amide bonds. The van der Waals surface area contributed by atoms with Crippen LogP contribution in [0.1, 0.15) is 20.1 Å². The van der Waals surface area contributed by atoms with Gasteiger partial charge in [-0.05, 0) is 30.7 Å². The van der Waals surface area contributed by atoms with E-state index in [1.807, 2.05) is 0 Å². The summed E-state index contributed by atoms with van der Waals surface area (Å²) in [6.45, 7) is 1.89. The molecule has 3 N–H and O–H groups in total. The molecule has 0 bridgehead atoms. The summed E-state index contributed by atoms with van der Waals surface area (Å²) < 4.78 is 19.1. The second-order valence-electron chi connectivity index (χ2n) is 3.92. The lowest BCUT2D eigenvalue weighted by atomic mass is 10.2. The van der Waals surface area contributed by atoms with Gasteiger partial charge in [0.15, 0.2) is 11.6 Å². The largest absolute Gasteiger partial charge is 0.485 e. The maximum absolute atomic E-state index is 13.7. The van der Waals surface area contributed by atoms with Gasteiger partial charge in [0.2, 0.25) is 0 Å². The fourth-order valence-corrected chi connectivity index (χ4v) is 2.35. The number of halogens is 1. The van der Waals surface area contributed by atoms with E-state index in [1.165, 1.54) is 11.3 Å². The highest BCUT2D eigenvalue weighted by atomic mass is 32.1. The van der Waals surface area contributed by atoms with Crippen LogP contribution in [0.5, 0.6) is 5.75 Å². The van der Waals surface area contributed by atoms with Gasteiger partial charge in [-0.3, -0.25) is 10.2 Å². The number of carbonyl (C=O) groups excluding carboxylic acids is 1. The van der Waals surface area contributed by atoms with Gasteiger partial charge in [-0.2, -0.15) is 0 Å². The number of hydrogen-bond acceptors (Lipinski definition) is 4. The summed E-state index contributed by atoms with van der Waals surface area (Å²) in [6, 6.07) is 8.39. The van der Waals surface area contributed by atoms with Crippen LogP contribution in [0.25, 0.3) is 0 Å². The Kier molecular flexibility index (Phi) is 4.13. The summed E-state index contributed by atoms with van der Waals surface area (Å²) in [5, 5.41) is 0. The topological polar surface area (TPSA) is 64.3 Å². The molecule has 100 valence electrons. The van der Waals surface area contributed by atoms with Crippen LogP contribution >= 0.6 is 11.3 Å². The van der Waals surface area contributed by atoms with Crippen LogP contribution in [-0.4, -0.2) is 5.91 Å². The second kappa shape index (κ2) is 5.81. The average Bonchev–Trinajstić information content (AvgIpc) is 2.88. The molecule has 0 unspecified atom stereocenters. The number of ether oxygens (including phenoxy) is 1. The van der Waals surface area contributed by atoms with Crippen LogP contribution in [0.4, 0.5) is 4.39 Å². The Balaban J connectivity index is 2.04. The number of benzene rings is 1. The molecule has 0 fully saturated rings. The van der Waals surface area contributed by atoms with E-state index in [4.69, 9.17) is 10.6 Å². The first kappa shape index (κ1) is 13.5. The van der Waals surface area contributed by atoms with Gasteiger partial charge in [0.25, 0.3) is 5.91 Å². The molecule has 2 rings (SSSR count). The van der Waals surface area contributed by atoms with Crippen molar-refractivity contribution in [3.8, 4) is 5.75 Å². The molecular formula is C13H13FN2O2S. The average molecular weight is 280 g/mol. The number of hydrazine groups is 1. The van der Waals surface area contributed by atoms with Gasteiger partial charge in [-0.25, -0.2) is 10.2 Å². The number of amides is 1. The zero-order chi connectivity index (χ0) is 13.8. The molecule has 0 aliphatic heterocycles. The quantitative estimate of drug-likeness (QED) is 0.513. The van der Waals surface area contributed by atoms with Crippen LogP contribution in [0.3, 0.4) is 0 Å². The van der Waals surface area contributed by atoms with Crippen molar-refractivity contribution in [3.05, 3.63) is 51.5 Å². The number of hydrogen-bond donors (Lipinski definition) is 2. The molecule has 0 saturated carbocycles. The minimum Gasteiger partial charge on any atom is -0.485 e. The molecule has 2 aromatic rings. The first-order valence-corrected chi connectivity index (χ1v) is 6.41. The molecule has 0 aliphatic carbocycles. The van der Waals surface area contributed by atoms with Crippen LogP contribution in [0, 0.1) is 12.7 Å². The van der Waals surface area contributed by atoms with Crippen molar-refractivity contribution in [2.45, 2.75) is 13.5 Å². The Bertz CT molecular complexity index is 598. The van der Waals surface area contributed by atoms with E-state index < -0.39 is 0 Å². The number of rotatable bonds is 4. The molecule has 19 heavy (non-hydrogen) atoms. The Morgan fingerprint density at radius 2 is 2.21 bits per heavy atom. The predicted octanol–water partition coefficient (Wildman–Crippen LogP) is 2.38. The van der Waals surface area contributed by atoms with Gasteiger partial charge in [-0.15, -0.1) is 11.3 Å². The van der Waals surface area contributed by atoms with Crippen molar-refractivity contribution < 1.29 is 13.9 Å². The van der Waals surface area contributed by atoms with Gasteiger partial charge in [0.1, 0.15) is 6.61 Å². The van der Waals surface area contributed by atoms with Crippen molar-refractivity contribution in [2.24, 2.45) is 5.84 Å². The molecule has 0 radical (unpaired) electrons. The molecule has 1 aromatic heterocycles. The van der Waals surface area contributed by atoms with Crippen LogP contribution in [0.15, 0.2) is 30.3 Å². The molecule has 0 atom stereocenters. The molecule has 4 nitrogen and oxygen atoms in total. The monoisotopic (exact) mass is 280 g/mol. The maximum Gasteiger partial charge on any atom is 0.275 e. The molecular weight excluding hydrogens is 267 g/mol. The summed E-state index contributed by atoms with van der Waals surface area (Å²) in [4.78, 5) is 12.6. The summed E-state index contributed by atoms with van der Waals surface area (Å²) in [5.74, 6) is 4.54. The van der Waals surface area contributed by atoms with Crippen molar-refractivity contribution in [3.63, 3.8) is 0 Å². The first-order chi connectivity index (χ1) is 9.11. The Morgan fingerprint density at radius 3 is 2.95 bits per heavy atom. The Labute approximate surface area is 114 Å². The number of aryl methyl sites for hydroxylation is 1. The van der Waals surface area contributed by atoms with Crippen LogP contribution in [0.2, 0.25) is 0 Å². The lowest BCUT2D eigenvalue weighted by molar-refractivity contribution is 0.0957. The zero-order valence-electron chi connectivity index (χ0n) is 10.3. The van der Waals surface area contributed by atoms with Gasteiger partial charge in [0.05, 0.1) is 4.88 Å². The fourth-order valence-electron chi connectivity index (χ4n) is 1.53. The van der Waals surface area contributed by atoms with Gasteiger partial charge >= 0.3 is 0 Å². The molecule has 0 aliphatic rings. The fraction of sp³-hybridized carbons (Fsp3) is 0.154. The normalized spacial score (nSPS) is 10.3. The van der Waals surface area contributed by atoms with E-state index in [0.717, 1.165) is 4.88 Å². The number of thiophene rings is 1. The summed E-state index contributed by atoms with van der Waals surface area (Å²) >= 11 is 1.26. The lowest BCUT2D eigenvalue weighted by Crippen LogP contribution is -2.29. The van der Waals surface area contributed by atoms with E-state index in [-0.39, 0.29) is 24.1 Å². The minimum atomic E-state index is -0.362. The standard InChI is InChI=1S/C13H13FN2O2S/c1-8-3-2-4-10(12(8)14)18-7-9-5-6-11(19-9)13(17)16-15/h2-6H,7,15H2,1H3,(H,16,17). The van der Waals surface area contributed by atoms with E-state index in [2.05, 4.69) is 5.43 Å². The van der Waals surface area contributed by atoms with E-state index in [9.17, 15) is 9.18 Å². The minimum absolute atomic E-state index is 0.207. The number of nitrogen functional groups attached to an aromatic ring is 1. The van der Waals surface area contributed by atoms with Gasteiger partial charge in [-0.1, -0.05) is 12.1 Å². The number of nitrogens with two attached hydrogens (primary N) is 1. The maximum atomic E-state index is 13.7. The third-order valence-corrected chi connectivity index (χ3v) is 3.60. The van der Waals surface area contributed by atoms with Gasteiger partial charge < -0.3 is 4.74 Å². The highest BCUT2D eigenvalue weighted by molar-refractivity contribution is 7.14. The highest BCUT2D eigenvalue weighted by Gasteiger charge is 2.09. The lowest BCUT2D eigenvalue weighted by Gasteiger charge is -2.07. The summed E-state index contributed by atoms with van der Waals surface area (Å²) in [6.07, 6.45) is 0. The predicted molar refractivity (Wildman–Crippen MR) is 71.4 cm³/mol. The van der Waals surface area contributed by atoms with E-state index in [1.54, 1.807) is 37.3 Å².